The molecule has 0 saturated carbocycles. The van der Waals surface area contributed by atoms with Gasteiger partial charge >= 0.3 is 11.9 Å². The van der Waals surface area contributed by atoms with E-state index in [1.165, 1.54) is 0 Å². The lowest BCUT2D eigenvalue weighted by molar-refractivity contribution is -0.163. The first-order valence-corrected chi connectivity index (χ1v) is 11.4. The molecule has 8 heteroatoms. The van der Waals surface area contributed by atoms with Gasteiger partial charge in [-0.25, -0.2) is 0 Å². The zero-order chi connectivity index (χ0) is 23.3. The van der Waals surface area contributed by atoms with Crippen LogP contribution in [0.2, 0.25) is 0 Å². The summed E-state index contributed by atoms with van der Waals surface area (Å²) in [4.78, 5) is 53.1. The summed E-state index contributed by atoms with van der Waals surface area (Å²) >= 11 is 0. The molecular formula is C24H32N2O6. The van der Waals surface area contributed by atoms with Gasteiger partial charge in [0.2, 0.25) is 5.91 Å². The van der Waals surface area contributed by atoms with Crippen LogP contribution in [0.3, 0.4) is 0 Å². The summed E-state index contributed by atoms with van der Waals surface area (Å²) in [7, 11) is 0. The number of ether oxygens (including phenoxy) is 2. The Morgan fingerprint density at radius 3 is 2.41 bits per heavy atom. The van der Waals surface area contributed by atoms with Gasteiger partial charge in [-0.15, -0.1) is 0 Å². The molecule has 0 bridgehead atoms. The molecule has 2 aliphatic rings. The molecule has 2 heterocycles. The lowest BCUT2D eigenvalue weighted by Crippen LogP contribution is -2.46. The highest BCUT2D eigenvalue weighted by atomic mass is 16.5. The summed E-state index contributed by atoms with van der Waals surface area (Å²) in [6, 6.07) is 7.66. The fourth-order valence-electron chi connectivity index (χ4n) is 4.35. The zero-order valence-corrected chi connectivity index (χ0v) is 19.0. The predicted octanol–water partition coefficient (Wildman–Crippen LogP) is 2.34. The molecule has 1 aromatic carbocycles. The molecule has 2 atom stereocenters. The van der Waals surface area contributed by atoms with Gasteiger partial charge in [-0.05, 0) is 44.7 Å². The van der Waals surface area contributed by atoms with Crippen LogP contribution in [0.4, 0.5) is 5.69 Å². The molecule has 0 aromatic heterocycles. The Morgan fingerprint density at radius 1 is 1.06 bits per heavy atom. The number of nitrogens with zero attached hydrogens (tertiary/aromatic N) is 2. The molecule has 174 valence electrons. The molecule has 0 unspecified atom stereocenters. The second kappa shape index (κ2) is 10.6. The lowest BCUT2D eigenvalue weighted by Gasteiger charge is -2.32. The standard InChI is InChI=1S/C24H32N2O6/c1-4-17-8-6-7-9-20(17)26-15-19(14-21(26)27)24(30)32-16(3)22(28)25-12-10-18(11-13-25)23(29)31-5-2/h6-9,16,18-19H,4-5,10-15H2,1-3H3/t16-,19-/m1/s1. The molecule has 2 aliphatic heterocycles. The second-order valence-electron chi connectivity index (χ2n) is 8.32. The molecular weight excluding hydrogens is 412 g/mol. The molecule has 3 rings (SSSR count). The third-order valence-corrected chi connectivity index (χ3v) is 6.19. The van der Waals surface area contributed by atoms with Crippen LogP contribution in [0.25, 0.3) is 0 Å². The number of amides is 2. The Kier molecular flexibility index (Phi) is 7.88. The highest BCUT2D eigenvalue weighted by Gasteiger charge is 2.38. The molecule has 8 nitrogen and oxygen atoms in total. The van der Waals surface area contributed by atoms with E-state index in [9.17, 15) is 19.2 Å². The first kappa shape index (κ1) is 23.8. The monoisotopic (exact) mass is 444 g/mol. The summed E-state index contributed by atoms with van der Waals surface area (Å²) in [5, 5.41) is 0. The number of aryl methyl sites for hydroxylation is 1. The highest BCUT2D eigenvalue weighted by molar-refractivity contribution is 6.00. The van der Waals surface area contributed by atoms with Gasteiger partial charge in [-0.2, -0.15) is 0 Å². The number of carbonyl (C=O) groups is 4. The van der Waals surface area contributed by atoms with Gasteiger partial charge in [0.25, 0.3) is 5.91 Å². The number of hydrogen-bond donors (Lipinski definition) is 0. The van der Waals surface area contributed by atoms with Crippen molar-refractivity contribution in [2.24, 2.45) is 11.8 Å². The third-order valence-electron chi connectivity index (χ3n) is 6.19. The average molecular weight is 445 g/mol. The van der Waals surface area contributed by atoms with Crippen LogP contribution in [-0.2, 0) is 35.1 Å². The number of anilines is 1. The molecule has 0 N–H and O–H groups in total. The molecule has 2 fully saturated rings. The fourth-order valence-corrected chi connectivity index (χ4v) is 4.35. The smallest absolute Gasteiger partial charge is 0.312 e. The number of piperidine rings is 1. The number of para-hydroxylation sites is 1. The van der Waals surface area contributed by atoms with Gasteiger partial charge < -0.3 is 19.3 Å². The SMILES string of the molecule is CCOC(=O)C1CCN(C(=O)[C@@H](C)OC(=O)[C@@H]2CC(=O)N(c3ccccc3CC)C2)CC1. The largest absolute Gasteiger partial charge is 0.466 e. The summed E-state index contributed by atoms with van der Waals surface area (Å²) in [6.07, 6.45) is 0.993. The number of rotatable bonds is 7. The van der Waals surface area contributed by atoms with Crippen LogP contribution >= 0.6 is 0 Å². The van der Waals surface area contributed by atoms with Crippen LogP contribution in [0.15, 0.2) is 24.3 Å². The van der Waals surface area contributed by atoms with Crippen LogP contribution in [0.1, 0.15) is 45.6 Å². The van der Waals surface area contributed by atoms with Gasteiger partial charge in [0.05, 0.1) is 18.4 Å². The average Bonchev–Trinajstić information content (AvgIpc) is 3.20. The highest BCUT2D eigenvalue weighted by Crippen LogP contribution is 2.29. The minimum absolute atomic E-state index is 0.0721. The molecule has 0 aliphatic carbocycles. The maximum Gasteiger partial charge on any atom is 0.312 e. The third kappa shape index (κ3) is 5.29. The maximum absolute atomic E-state index is 12.7. The summed E-state index contributed by atoms with van der Waals surface area (Å²) in [6.45, 7) is 6.79. The van der Waals surface area contributed by atoms with Crippen molar-refractivity contribution in [1.82, 2.24) is 4.90 Å². The summed E-state index contributed by atoms with van der Waals surface area (Å²) < 4.78 is 10.5. The molecule has 32 heavy (non-hydrogen) atoms. The first-order chi connectivity index (χ1) is 15.3. The number of hydrogen-bond acceptors (Lipinski definition) is 6. The van der Waals surface area contributed by atoms with Gasteiger partial charge in [-0.1, -0.05) is 25.1 Å². The van der Waals surface area contributed by atoms with Gasteiger partial charge in [0, 0.05) is 31.7 Å². The molecule has 0 spiro atoms. The van der Waals surface area contributed by atoms with Crippen molar-refractivity contribution in [3.8, 4) is 0 Å². The minimum atomic E-state index is -0.936. The van der Waals surface area contributed by atoms with Crippen LogP contribution in [-0.4, -0.2) is 61.0 Å². The van der Waals surface area contributed by atoms with E-state index in [0.717, 1.165) is 17.7 Å². The van der Waals surface area contributed by atoms with Gasteiger partial charge in [0.1, 0.15) is 0 Å². The second-order valence-corrected chi connectivity index (χ2v) is 8.32. The van der Waals surface area contributed by atoms with E-state index in [1.54, 1.807) is 23.6 Å². The molecule has 2 saturated heterocycles. The molecule has 0 radical (unpaired) electrons. The first-order valence-electron chi connectivity index (χ1n) is 11.4. The van der Waals surface area contributed by atoms with Gasteiger partial charge in [-0.3, -0.25) is 19.2 Å². The Bertz CT molecular complexity index is 862. The predicted molar refractivity (Wildman–Crippen MR) is 118 cm³/mol. The molecule has 1 aromatic rings. The van der Waals surface area contributed by atoms with Crippen molar-refractivity contribution >= 4 is 29.4 Å². The van der Waals surface area contributed by atoms with Crippen LogP contribution < -0.4 is 4.90 Å². The Hall–Kier alpha value is -2.90. The maximum atomic E-state index is 12.7. The van der Waals surface area contributed by atoms with Crippen molar-refractivity contribution < 1.29 is 28.7 Å². The van der Waals surface area contributed by atoms with Crippen LogP contribution in [0, 0.1) is 11.8 Å². The van der Waals surface area contributed by atoms with E-state index in [4.69, 9.17) is 9.47 Å². The number of carbonyl (C=O) groups excluding carboxylic acids is 4. The number of esters is 2. The Morgan fingerprint density at radius 2 is 1.75 bits per heavy atom. The van der Waals surface area contributed by atoms with E-state index in [2.05, 4.69) is 0 Å². The van der Waals surface area contributed by atoms with Crippen molar-refractivity contribution in [1.29, 1.82) is 0 Å². The van der Waals surface area contributed by atoms with E-state index < -0.39 is 18.0 Å². The minimum Gasteiger partial charge on any atom is -0.466 e. The van der Waals surface area contributed by atoms with E-state index in [1.807, 2.05) is 31.2 Å². The quantitative estimate of drug-likeness (QED) is 0.600. The summed E-state index contributed by atoms with van der Waals surface area (Å²) in [5.74, 6) is -1.95. The lowest BCUT2D eigenvalue weighted by atomic mass is 9.96. The van der Waals surface area contributed by atoms with E-state index in [-0.39, 0.29) is 36.7 Å². The zero-order valence-electron chi connectivity index (χ0n) is 19.0. The molecule has 2 amide bonds. The number of likely N-dealkylation sites (tertiary alicyclic amines) is 1. The summed E-state index contributed by atoms with van der Waals surface area (Å²) in [5.41, 5.74) is 1.87. The fraction of sp³-hybridized carbons (Fsp3) is 0.583. The Labute approximate surface area is 188 Å². The van der Waals surface area contributed by atoms with Crippen molar-refractivity contribution in [2.45, 2.75) is 52.6 Å². The topological polar surface area (TPSA) is 93.2 Å². The van der Waals surface area contributed by atoms with Gasteiger partial charge in [0.15, 0.2) is 6.10 Å². The Balaban J connectivity index is 1.53. The van der Waals surface area contributed by atoms with Crippen molar-refractivity contribution in [2.75, 3.05) is 31.1 Å². The number of benzene rings is 1. The van der Waals surface area contributed by atoms with Crippen molar-refractivity contribution in [3.63, 3.8) is 0 Å². The van der Waals surface area contributed by atoms with Crippen LogP contribution in [0.5, 0.6) is 0 Å². The van der Waals surface area contributed by atoms with E-state index >= 15 is 0 Å². The normalized spacial score (nSPS) is 20.2. The van der Waals surface area contributed by atoms with Crippen molar-refractivity contribution in [3.05, 3.63) is 29.8 Å². The van der Waals surface area contributed by atoms with E-state index in [0.29, 0.717) is 32.5 Å².